The van der Waals surface area contributed by atoms with E-state index in [0.29, 0.717) is 0 Å². The Balaban J connectivity index is 0.000000220. The van der Waals surface area contributed by atoms with Crippen LogP contribution in [0.3, 0.4) is 0 Å². The van der Waals surface area contributed by atoms with Gasteiger partial charge in [0.1, 0.15) is 0 Å². The second-order valence-electron chi connectivity index (χ2n) is 2.71. The van der Waals surface area contributed by atoms with E-state index in [4.69, 9.17) is 18.6 Å². The summed E-state index contributed by atoms with van der Waals surface area (Å²) < 4.78 is 34.0. The standard InChI is InChI=1S/C7H8.ClHO4.Rh/c1-2-7-4-3-6(1)5-7;2-1(3,4)5;/h1-4,6-7H,5H2;(H,2,3,4,5);/p-1. The monoisotopic (exact) mass is 294 g/mol. The van der Waals surface area contributed by atoms with Gasteiger partial charge in [-0.3, -0.25) is 0 Å². The average molecular weight is 294 g/mol. The van der Waals surface area contributed by atoms with Crippen molar-refractivity contribution in [2.45, 2.75) is 6.42 Å². The fraction of sp³-hybridized carbons (Fsp3) is 0.429. The summed E-state index contributed by atoms with van der Waals surface area (Å²) in [6.45, 7) is 0. The SMILES string of the molecule is C1=CC2C=CC1C2.[O-][Cl+3]([O-])([O-])[O-].[Rh]. The molecule has 0 aromatic heterocycles. The van der Waals surface area contributed by atoms with Gasteiger partial charge in [0.2, 0.25) is 0 Å². The molecule has 0 saturated carbocycles. The van der Waals surface area contributed by atoms with Gasteiger partial charge in [0.05, 0.1) is 0 Å². The van der Waals surface area contributed by atoms with Crippen LogP contribution in [-0.4, -0.2) is 0 Å². The van der Waals surface area contributed by atoms with Gasteiger partial charge in [-0.2, -0.15) is 0 Å². The minimum Gasteiger partial charge on any atom is -0.222 e. The molecule has 0 saturated heterocycles. The van der Waals surface area contributed by atoms with Crippen LogP contribution in [0.5, 0.6) is 0 Å². The molecule has 0 aliphatic heterocycles. The minimum atomic E-state index is -4.94. The van der Waals surface area contributed by atoms with Crippen molar-refractivity contribution in [3.63, 3.8) is 0 Å². The van der Waals surface area contributed by atoms with Gasteiger partial charge < -0.3 is 0 Å². The van der Waals surface area contributed by atoms with Crippen LogP contribution in [0.25, 0.3) is 0 Å². The largest absolute Gasteiger partial charge is 0.222 e. The predicted molar refractivity (Wildman–Crippen MR) is 29.9 cm³/mol. The first-order chi connectivity index (χ1) is 5.45. The Hall–Kier alpha value is 0.233. The van der Waals surface area contributed by atoms with Crippen molar-refractivity contribution in [1.29, 1.82) is 0 Å². The number of fused-ring (bicyclic) bond motifs is 2. The van der Waals surface area contributed by atoms with Gasteiger partial charge in [0.25, 0.3) is 0 Å². The molecule has 2 bridgehead atoms. The molecule has 4 nitrogen and oxygen atoms in total. The van der Waals surface area contributed by atoms with E-state index in [1.54, 1.807) is 0 Å². The molecule has 0 N–H and O–H groups in total. The van der Waals surface area contributed by atoms with Crippen LogP contribution in [0, 0.1) is 22.1 Å². The van der Waals surface area contributed by atoms with Gasteiger partial charge in [-0.25, -0.2) is 18.6 Å². The van der Waals surface area contributed by atoms with E-state index in [-0.39, 0.29) is 19.5 Å². The fourth-order valence-electron chi connectivity index (χ4n) is 1.33. The maximum Gasteiger partial charge on any atom is 0 e. The molecule has 0 aromatic rings. The van der Waals surface area contributed by atoms with E-state index in [1.807, 2.05) is 0 Å². The van der Waals surface area contributed by atoms with Gasteiger partial charge in [-0.15, -0.1) is 10.2 Å². The summed E-state index contributed by atoms with van der Waals surface area (Å²) >= 11 is 0. The van der Waals surface area contributed by atoms with Crippen molar-refractivity contribution in [1.82, 2.24) is 0 Å². The first-order valence-corrected chi connectivity index (χ1v) is 4.67. The zero-order valence-corrected chi connectivity index (χ0v) is 8.91. The van der Waals surface area contributed by atoms with Gasteiger partial charge >= 0.3 is 0 Å². The Morgan fingerprint density at radius 2 is 1.08 bits per heavy atom. The first-order valence-electron chi connectivity index (χ1n) is 3.43. The van der Waals surface area contributed by atoms with Crippen LogP contribution in [-0.2, 0) is 19.5 Å². The molecule has 2 aliphatic carbocycles. The maximum absolute atomic E-state index is 8.49. The predicted octanol–water partition coefficient (Wildman–Crippen LogP) is -3.01. The van der Waals surface area contributed by atoms with Gasteiger partial charge in [-0.05, 0) is 18.3 Å². The number of rotatable bonds is 0. The Labute approximate surface area is 91.1 Å². The van der Waals surface area contributed by atoms with E-state index in [1.165, 1.54) is 6.42 Å². The number of hydrogen-bond acceptors (Lipinski definition) is 4. The Bertz CT molecular complexity index is 177. The molecule has 0 fully saturated rings. The second kappa shape index (κ2) is 5.20. The number of hydrogen-bond donors (Lipinski definition) is 0. The van der Waals surface area contributed by atoms with Crippen LogP contribution in [0.2, 0.25) is 0 Å². The van der Waals surface area contributed by atoms with Crippen molar-refractivity contribution in [3.8, 4) is 0 Å². The molecular formula is C7H8ClO4Rh-. The van der Waals surface area contributed by atoms with Crippen LogP contribution in [0.1, 0.15) is 6.42 Å². The summed E-state index contributed by atoms with van der Waals surface area (Å²) in [5, 5.41) is 0. The summed E-state index contributed by atoms with van der Waals surface area (Å²) in [7, 11) is -4.94. The molecule has 0 spiro atoms. The van der Waals surface area contributed by atoms with Crippen molar-refractivity contribution in [3.05, 3.63) is 24.3 Å². The van der Waals surface area contributed by atoms with Crippen LogP contribution in [0.15, 0.2) is 24.3 Å². The van der Waals surface area contributed by atoms with E-state index < -0.39 is 10.2 Å². The zero-order valence-electron chi connectivity index (χ0n) is 6.52. The van der Waals surface area contributed by atoms with Crippen molar-refractivity contribution in [2.24, 2.45) is 11.8 Å². The molecule has 0 atom stereocenters. The van der Waals surface area contributed by atoms with Gasteiger partial charge in [-0.1, -0.05) is 24.3 Å². The van der Waals surface area contributed by atoms with E-state index >= 15 is 0 Å². The van der Waals surface area contributed by atoms with Gasteiger partial charge in [0.15, 0.2) is 0 Å². The van der Waals surface area contributed by atoms with Gasteiger partial charge in [0, 0.05) is 19.5 Å². The molecule has 0 aromatic carbocycles. The Kier molecular flexibility index (Phi) is 5.29. The molecule has 2 rings (SSSR count). The number of allylic oxidation sites excluding steroid dienone is 4. The molecule has 13 heavy (non-hydrogen) atoms. The zero-order chi connectivity index (χ0) is 9.19. The third-order valence-corrected chi connectivity index (χ3v) is 1.76. The average Bonchev–Trinajstić information content (AvgIpc) is 2.42. The number of halogens is 1. The summed E-state index contributed by atoms with van der Waals surface area (Å²) in [4.78, 5) is 0. The van der Waals surface area contributed by atoms with Crippen molar-refractivity contribution >= 4 is 0 Å². The Morgan fingerprint density at radius 3 is 1.15 bits per heavy atom. The van der Waals surface area contributed by atoms with Crippen LogP contribution in [0.4, 0.5) is 0 Å². The fourth-order valence-corrected chi connectivity index (χ4v) is 1.33. The molecule has 6 heteroatoms. The summed E-state index contributed by atoms with van der Waals surface area (Å²) in [5.41, 5.74) is 0. The summed E-state index contributed by atoms with van der Waals surface area (Å²) in [6.07, 6.45) is 10.5. The quantitative estimate of drug-likeness (QED) is 0.351. The van der Waals surface area contributed by atoms with Crippen molar-refractivity contribution in [2.75, 3.05) is 0 Å². The van der Waals surface area contributed by atoms with Crippen molar-refractivity contribution < 1.29 is 48.4 Å². The molecule has 77 valence electrons. The van der Waals surface area contributed by atoms with E-state index in [9.17, 15) is 0 Å². The van der Waals surface area contributed by atoms with Crippen LogP contribution >= 0.6 is 0 Å². The molecule has 0 amide bonds. The maximum atomic E-state index is 8.49. The first kappa shape index (κ1) is 13.2. The third kappa shape index (κ3) is 6.32. The molecule has 0 unspecified atom stereocenters. The second-order valence-corrected chi connectivity index (χ2v) is 3.47. The molecular weight excluding hydrogens is 286 g/mol. The normalized spacial score (nSPS) is 28.0. The minimum absolute atomic E-state index is 0. The summed E-state index contributed by atoms with van der Waals surface area (Å²) in [5.74, 6) is 1.62. The van der Waals surface area contributed by atoms with Crippen LogP contribution < -0.4 is 18.6 Å². The molecule has 2 aliphatic rings. The Morgan fingerprint density at radius 1 is 0.846 bits per heavy atom. The smallest absolute Gasteiger partial charge is 0 e. The molecule has 0 heterocycles. The van der Waals surface area contributed by atoms with E-state index in [0.717, 1.165) is 11.8 Å². The topological polar surface area (TPSA) is 92.2 Å². The van der Waals surface area contributed by atoms with E-state index in [2.05, 4.69) is 24.3 Å². The molecule has 1 radical (unpaired) electrons. The third-order valence-electron chi connectivity index (χ3n) is 1.76. The summed E-state index contributed by atoms with van der Waals surface area (Å²) in [6, 6.07) is 0.